The maximum Gasteiger partial charge on any atom is 0.244 e. The number of amides is 1. The SMILES string of the molecule is Cc1ccc(S(=O)(=O)N2Cc3ccccc3CC2C(=O)Nc2ccc(C#N)cc2)cc1. The molecule has 1 aliphatic rings. The summed E-state index contributed by atoms with van der Waals surface area (Å²) in [6, 6.07) is 21.8. The summed E-state index contributed by atoms with van der Waals surface area (Å²) in [5.41, 5.74) is 3.79. The summed E-state index contributed by atoms with van der Waals surface area (Å²) in [6.45, 7) is 2.01. The van der Waals surface area contributed by atoms with Gasteiger partial charge in [0, 0.05) is 12.2 Å². The van der Waals surface area contributed by atoms with Crippen LogP contribution in [0.5, 0.6) is 0 Å². The van der Waals surface area contributed by atoms with Crippen molar-refractivity contribution in [1.82, 2.24) is 4.31 Å². The summed E-state index contributed by atoms with van der Waals surface area (Å²) in [7, 11) is -3.89. The maximum atomic E-state index is 13.5. The molecule has 0 spiro atoms. The quantitative estimate of drug-likeness (QED) is 0.683. The minimum absolute atomic E-state index is 0.123. The van der Waals surface area contributed by atoms with Gasteiger partial charge in [0.25, 0.3) is 0 Å². The van der Waals surface area contributed by atoms with E-state index in [9.17, 15) is 13.2 Å². The van der Waals surface area contributed by atoms with Crippen molar-refractivity contribution >= 4 is 21.6 Å². The molecule has 156 valence electrons. The number of nitriles is 1. The van der Waals surface area contributed by atoms with E-state index in [0.29, 0.717) is 11.3 Å². The molecule has 0 aromatic heterocycles. The van der Waals surface area contributed by atoms with Gasteiger partial charge in [0.15, 0.2) is 0 Å². The van der Waals surface area contributed by atoms with E-state index in [1.54, 1.807) is 48.5 Å². The van der Waals surface area contributed by atoms with Crippen LogP contribution < -0.4 is 5.32 Å². The second-order valence-corrected chi connectivity index (χ2v) is 9.42. The first-order chi connectivity index (χ1) is 14.9. The van der Waals surface area contributed by atoms with E-state index in [1.165, 1.54) is 4.31 Å². The van der Waals surface area contributed by atoms with Crippen molar-refractivity contribution in [2.45, 2.75) is 30.8 Å². The molecule has 3 aromatic carbocycles. The third kappa shape index (κ3) is 4.22. The number of nitrogens with zero attached hydrogens (tertiary/aromatic N) is 2. The van der Waals surface area contributed by atoms with Gasteiger partial charge in [0.05, 0.1) is 16.5 Å². The first-order valence-corrected chi connectivity index (χ1v) is 11.3. The van der Waals surface area contributed by atoms with Crippen molar-refractivity contribution < 1.29 is 13.2 Å². The lowest BCUT2D eigenvalue weighted by Gasteiger charge is -2.35. The number of carbonyl (C=O) groups is 1. The molecule has 1 N–H and O–H groups in total. The molecule has 0 saturated heterocycles. The maximum absolute atomic E-state index is 13.5. The third-order valence-corrected chi connectivity index (χ3v) is 7.29. The summed E-state index contributed by atoms with van der Waals surface area (Å²) < 4.78 is 28.2. The fourth-order valence-electron chi connectivity index (χ4n) is 3.67. The number of fused-ring (bicyclic) bond motifs is 1. The summed E-state index contributed by atoms with van der Waals surface area (Å²) in [5, 5.41) is 11.7. The Morgan fingerprint density at radius 2 is 1.65 bits per heavy atom. The topological polar surface area (TPSA) is 90.3 Å². The molecular weight excluding hydrogens is 410 g/mol. The van der Waals surface area contributed by atoms with Crippen LogP contribution in [0.1, 0.15) is 22.3 Å². The number of carbonyl (C=O) groups excluding carboxylic acids is 1. The van der Waals surface area contributed by atoms with Crippen LogP contribution in [-0.4, -0.2) is 24.7 Å². The van der Waals surface area contributed by atoms with Gasteiger partial charge in [0.1, 0.15) is 6.04 Å². The van der Waals surface area contributed by atoms with Crippen molar-refractivity contribution in [3.8, 4) is 6.07 Å². The van der Waals surface area contributed by atoms with Gasteiger partial charge in [-0.1, -0.05) is 42.0 Å². The van der Waals surface area contributed by atoms with E-state index < -0.39 is 22.0 Å². The number of hydrogen-bond donors (Lipinski definition) is 1. The fraction of sp³-hybridized carbons (Fsp3) is 0.167. The predicted octanol–water partition coefficient (Wildman–Crippen LogP) is 3.62. The smallest absolute Gasteiger partial charge is 0.244 e. The average molecular weight is 432 g/mol. The molecule has 0 radical (unpaired) electrons. The number of anilines is 1. The minimum Gasteiger partial charge on any atom is -0.325 e. The molecule has 1 amide bonds. The number of hydrogen-bond acceptors (Lipinski definition) is 4. The molecule has 1 unspecified atom stereocenters. The molecule has 0 saturated carbocycles. The van der Waals surface area contributed by atoms with E-state index in [1.807, 2.05) is 37.3 Å². The summed E-state index contributed by atoms with van der Waals surface area (Å²) in [5.74, 6) is -0.408. The predicted molar refractivity (Wildman–Crippen MR) is 118 cm³/mol. The number of aryl methyl sites for hydroxylation is 1. The molecule has 6 nitrogen and oxygen atoms in total. The van der Waals surface area contributed by atoms with Crippen LogP contribution in [0.2, 0.25) is 0 Å². The molecule has 1 aliphatic heterocycles. The Balaban J connectivity index is 1.69. The van der Waals surface area contributed by atoms with Crippen molar-refractivity contribution in [3.63, 3.8) is 0 Å². The summed E-state index contributed by atoms with van der Waals surface area (Å²) in [4.78, 5) is 13.4. The Labute approximate surface area is 181 Å². The first-order valence-electron chi connectivity index (χ1n) is 9.85. The lowest BCUT2D eigenvalue weighted by Crippen LogP contribution is -2.50. The van der Waals surface area contributed by atoms with E-state index >= 15 is 0 Å². The Morgan fingerprint density at radius 1 is 1.00 bits per heavy atom. The van der Waals surface area contributed by atoms with Crippen molar-refractivity contribution in [2.24, 2.45) is 0 Å². The largest absolute Gasteiger partial charge is 0.325 e. The summed E-state index contributed by atoms with van der Waals surface area (Å²) in [6.07, 6.45) is 0.281. The van der Waals surface area contributed by atoms with Crippen LogP contribution in [0.3, 0.4) is 0 Å². The molecule has 1 atom stereocenters. The highest BCUT2D eigenvalue weighted by Gasteiger charge is 2.39. The zero-order chi connectivity index (χ0) is 22.0. The second-order valence-electron chi connectivity index (χ2n) is 7.53. The molecule has 0 bridgehead atoms. The second kappa shape index (κ2) is 8.34. The molecule has 1 heterocycles. The van der Waals surface area contributed by atoms with Gasteiger partial charge in [-0.25, -0.2) is 8.42 Å². The molecule has 7 heteroatoms. The number of rotatable bonds is 4. The monoisotopic (exact) mass is 431 g/mol. The highest BCUT2D eigenvalue weighted by molar-refractivity contribution is 7.89. The van der Waals surface area contributed by atoms with E-state index in [4.69, 9.17) is 5.26 Å². The van der Waals surface area contributed by atoms with E-state index in [0.717, 1.165) is 16.7 Å². The zero-order valence-corrected chi connectivity index (χ0v) is 17.8. The molecule has 0 aliphatic carbocycles. The van der Waals surface area contributed by atoms with E-state index in [-0.39, 0.29) is 17.9 Å². The van der Waals surface area contributed by atoms with Crippen LogP contribution in [0.25, 0.3) is 0 Å². The highest BCUT2D eigenvalue weighted by Crippen LogP contribution is 2.30. The lowest BCUT2D eigenvalue weighted by atomic mass is 9.95. The van der Waals surface area contributed by atoms with Gasteiger partial charge in [-0.05, 0) is 60.9 Å². The zero-order valence-electron chi connectivity index (χ0n) is 16.9. The molecule has 3 aromatic rings. The standard InChI is InChI=1S/C24H21N3O3S/c1-17-6-12-22(13-7-17)31(29,30)27-16-20-5-3-2-4-19(20)14-23(27)24(28)26-21-10-8-18(15-25)9-11-21/h2-13,23H,14,16H2,1H3,(H,26,28). The van der Waals surface area contributed by atoms with Gasteiger partial charge in [-0.3, -0.25) is 4.79 Å². The van der Waals surface area contributed by atoms with Crippen LogP contribution in [-0.2, 0) is 27.8 Å². The lowest BCUT2D eigenvalue weighted by molar-refractivity contribution is -0.120. The van der Waals surface area contributed by atoms with E-state index in [2.05, 4.69) is 5.32 Å². The number of benzene rings is 3. The molecule has 4 rings (SSSR count). The fourth-order valence-corrected chi connectivity index (χ4v) is 5.24. The first kappa shape index (κ1) is 20.8. The molecule has 31 heavy (non-hydrogen) atoms. The molecular formula is C24H21N3O3S. The average Bonchev–Trinajstić information content (AvgIpc) is 2.79. The number of sulfonamides is 1. The Kier molecular flexibility index (Phi) is 5.59. The van der Waals surface area contributed by atoms with Gasteiger partial charge in [-0.15, -0.1) is 0 Å². The molecule has 0 fully saturated rings. The van der Waals surface area contributed by atoms with Crippen LogP contribution in [0.4, 0.5) is 5.69 Å². The van der Waals surface area contributed by atoms with Gasteiger partial charge in [-0.2, -0.15) is 9.57 Å². The van der Waals surface area contributed by atoms with Crippen molar-refractivity contribution in [3.05, 3.63) is 95.1 Å². The summed E-state index contributed by atoms with van der Waals surface area (Å²) >= 11 is 0. The van der Waals surface area contributed by atoms with Gasteiger partial charge >= 0.3 is 0 Å². The van der Waals surface area contributed by atoms with Crippen LogP contribution >= 0.6 is 0 Å². The minimum atomic E-state index is -3.89. The van der Waals surface area contributed by atoms with Gasteiger partial charge < -0.3 is 5.32 Å². The Hall–Kier alpha value is -3.47. The highest BCUT2D eigenvalue weighted by atomic mass is 32.2. The van der Waals surface area contributed by atoms with Crippen LogP contribution in [0.15, 0.2) is 77.7 Å². The Bertz CT molecular complexity index is 1260. The normalized spacial score (nSPS) is 16.2. The third-order valence-electron chi connectivity index (χ3n) is 5.42. The van der Waals surface area contributed by atoms with Gasteiger partial charge in [0.2, 0.25) is 15.9 Å². The number of nitrogens with one attached hydrogen (secondary N) is 1. The van der Waals surface area contributed by atoms with Crippen molar-refractivity contribution in [2.75, 3.05) is 5.32 Å². The van der Waals surface area contributed by atoms with Crippen LogP contribution in [0, 0.1) is 18.3 Å². The Morgan fingerprint density at radius 3 is 2.29 bits per heavy atom. The van der Waals surface area contributed by atoms with Crippen molar-refractivity contribution in [1.29, 1.82) is 5.26 Å².